The van der Waals surface area contributed by atoms with Gasteiger partial charge in [-0.05, 0) is 47.7 Å². The van der Waals surface area contributed by atoms with Crippen LogP contribution >= 0.6 is 0 Å². The molecule has 0 fully saturated rings. The van der Waals surface area contributed by atoms with E-state index in [2.05, 4.69) is 6.07 Å². The largest absolute Gasteiger partial charge is 0.461 e. The van der Waals surface area contributed by atoms with Crippen molar-refractivity contribution in [1.29, 1.82) is 0 Å². The number of benzene rings is 3. The highest BCUT2D eigenvalue weighted by molar-refractivity contribution is 5.98. The van der Waals surface area contributed by atoms with E-state index in [0.29, 0.717) is 12.3 Å². The molecule has 150 valence electrons. The molecule has 1 atom stereocenters. The van der Waals surface area contributed by atoms with Gasteiger partial charge in [-0.3, -0.25) is 9.59 Å². The number of amides is 1. The van der Waals surface area contributed by atoms with E-state index in [1.165, 1.54) is 5.56 Å². The fraction of sp³-hybridized carbons (Fsp3) is 0.200. The second-order valence-electron chi connectivity index (χ2n) is 7.60. The van der Waals surface area contributed by atoms with Crippen LogP contribution in [0.25, 0.3) is 11.1 Å². The lowest BCUT2D eigenvalue weighted by molar-refractivity contribution is -0.118. The molecule has 0 bridgehead atoms. The van der Waals surface area contributed by atoms with Crippen molar-refractivity contribution in [2.75, 3.05) is 22.9 Å². The smallest absolute Gasteiger partial charge is 0.246 e. The molecule has 0 spiro atoms. The van der Waals surface area contributed by atoms with Crippen LogP contribution in [0.1, 0.15) is 12.0 Å². The summed E-state index contributed by atoms with van der Waals surface area (Å²) in [6.45, 7) is 0.774. The summed E-state index contributed by atoms with van der Waals surface area (Å²) < 4.78 is 5.80. The number of anilines is 2. The van der Waals surface area contributed by atoms with Crippen LogP contribution in [0.5, 0.6) is 5.75 Å². The van der Waals surface area contributed by atoms with Crippen LogP contribution in [0.4, 0.5) is 11.4 Å². The van der Waals surface area contributed by atoms with Crippen LogP contribution in [-0.4, -0.2) is 31.5 Å². The van der Waals surface area contributed by atoms with Crippen molar-refractivity contribution in [2.45, 2.75) is 19.1 Å². The van der Waals surface area contributed by atoms with Gasteiger partial charge in [0.1, 0.15) is 12.3 Å². The quantitative estimate of drug-likeness (QED) is 0.622. The van der Waals surface area contributed by atoms with E-state index in [9.17, 15) is 9.59 Å². The summed E-state index contributed by atoms with van der Waals surface area (Å²) in [4.78, 5) is 28.6. The lowest BCUT2D eigenvalue weighted by atomic mass is 10.0. The van der Waals surface area contributed by atoms with Gasteiger partial charge in [0, 0.05) is 12.2 Å². The van der Waals surface area contributed by atoms with E-state index in [4.69, 9.17) is 4.74 Å². The molecule has 1 amide bonds. The summed E-state index contributed by atoms with van der Waals surface area (Å²) in [5, 5.41) is 0. The molecular formula is C25H22N2O3. The van der Waals surface area contributed by atoms with E-state index in [0.717, 1.165) is 41.6 Å². The minimum absolute atomic E-state index is 0.0319. The molecule has 5 heteroatoms. The Kier molecular flexibility index (Phi) is 4.71. The zero-order valence-corrected chi connectivity index (χ0v) is 16.5. The molecule has 1 unspecified atom stereocenters. The Labute approximate surface area is 175 Å². The standard InChI is InChI=1S/C25H22N2O3/c28-17-25-27(16-24(29)26-14-6-10-19-9-4-5-11-21(19)26)22-15-20(12-13-23(22)30-25)18-7-2-1-3-8-18/h1-5,7-9,11-13,15,17,25H,6,10,14,16H2. The molecule has 5 nitrogen and oxygen atoms in total. The summed E-state index contributed by atoms with van der Waals surface area (Å²) in [5.74, 6) is 0.592. The number of nitrogens with zero attached hydrogens (tertiary/aromatic N) is 2. The van der Waals surface area contributed by atoms with Gasteiger partial charge in [-0.15, -0.1) is 0 Å². The molecule has 2 aliphatic heterocycles. The molecule has 30 heavy (non-hydrogen) atoms. The number of hydrogen-bond acceptors (Lipinski definition) is 4. The predicted octanol–water partition coefficient (Wildman–Crippen LogP) is 4.06. The molecule has 3 aromatic carbocycles. The Balaban J connectivity index is 1.45. The van der Waals surface area contributed by atoms with Gasteiger partial charge in [0.15, 0.2) is 6.29 Å². The third-order valence-corrected chi connectivity index (χ3v) is 5.76. The Morgan fingerprint density at radius 2 is 1.77 bits per heavy atom. The van der Waals surface area contributed by atoms with Crippen LogP contribution in [-0.2, 0) is 16.0 Å². The molecule has 0 aliphatic carbocycles. The fourth-order valence-corrected chi connectivity index (χ4v) is 4.28. The van der Waals surface area contributed by atoms with Gasteiger partial charge < -0.3 is 14.5 Å². The van der Waals surface area contributed by atoms with Crippen molar-refractivity contribution in [3.8, 4) is 16.9 Å². The number of carbonyl (C=O) groups excluding carboxylic acids is 2. The number of carbonyl (C=O) groups is 2. The highest BCUT2D eigenvalue weighted by Crippen LogP contribution is 2.40. The Morgan fingerprint density at radius 1 is 0.967 bits per heavy atom. The third kappa shape index (κ3) is 3.22. The first-order chi connectivity index (χ1) is 14.7. The normalized spacial score (nSPS) is 17.1. The number of rotatable bonds is 4. The van der Waals surface area contributed by atoms with E-state index in [1.54, 1.807) is 4.90 Å². The van der Waals surface area contributed by atoms with Crippen LogP contribution in [0.3, 0.4) is 0 Å². The first-order valence-corrected chi connectivity index (χ1v) is 10.2. The predicted molar refractivity (Wildman–Crippen MR) is 117 cm³/mol. The molecule has 2 aliphatic rings. The summed E-state index contributed by atoms with van der Waals surface area (Å²) in [6.07, 6.45) is 1.87. The Bertz CT molecular complexity index is 1100. The van der Waals surface area contributed by atoms with Crippen molar-refractivity contribution in [1.82, 2.24) is 0 Å². The van der Waals surface area contributed by atoms with Crippen LogP contribution in [0.2, 0.25) is 0 Å². The molecule has 0 radical (unpaired) electrons. The maximum atomic E-state index is 13.3. The highest BCUT2D eigenvalue weighted by atomic mass is 16.5. The number of para-hydroxylation sites is 1. The molecule has 2 heterocycles. The summed E-state index contributed by atoms with van der Waals surface area (Å²) >= 11 is 0. The maximum absolute atomic E-state index is 13.3. The zero-order chi connectivity index (χ0) is 20.5. The molecule has 5 rings (SSSR count). The van der Waals surface area contributed by atoms with Gasteiger partial charge >= 0.3 is 0 Å². The van der Waals surface area contributed by atoms with Crippen LogP contribution in [0.15, 0.2) is 72.8 Å². The van der Waals surface area contributed by atoms with E-state index in [-0.39, 0.29) is 12.5 Å². The highest BCUT2D eigenvalue weighted by Gasteiger charge is 2.34. The van der Waals surface area contributed by atoms with E-state index < -0.39 is 6.23 Å². The van der Waals surface area contributed by atoms with Gasteiger partial charge in [0.05, 0.1) is 5.69 Å². The fourth-order valence-electron chi connectivity index (χ4n) is 4.28. The van der Waals surface area contributed by atoms with Crippen LogP contribution < -0.4 is 14.5 Å². The number of fused-ring (bicyclic) bond motifs is 2. The lowest BCUT2D eigenvalue weighted by Gasteiger charge is -2.31. The van der Waals surface area contributed by atoms with Crippen molar-refractivity contribution in [3.05, 3.63) is 78.4 Å². The van der Waals surface area contributed by atoms with Crippen molar-refractivity contribution >= 4 is 23.6 Å². The van der Waals surface area contributed by atoms with Crippen molar-refractivity contribution in [2.24, 2.45) is 0 Å². The first-order valence-electron chi connectivity index (χ1n) is 10.2. The number of aldehydes is 1. The van der Waals surface area contributed by atoms with Gasteiger partial charge in [-0.25, -0.2) is 0 Å². The van der Waals surface area contributed by atoms with E-state index in [1.807, 2.05) is 71.6 Å². The molecule has 0 saturated heterocycles. The monoisotopic (exact) mass is 398 g/mol. The summed E-state index contributed by atoms with van der Waals surface area (Å²) in [7, 11) is 0. The second-order valence-corrected chi connectivity index (χ2v) is 7.60. The first kappa shape index (κ1) is 18.4. The van der Waals surface area contributed by atoms with Gasteiger partial charge in [0.2, 0.25) is 12.1 Å². The van der Waals surface area contributed by atoms with Crippen LogP contribution in [0, 0.1) is 0 Å². The minimum Gasteiger partial charge on any atom is -0.461 e. The van der Waals surface area contributed by atoms with Gasteiger partial charge in [-0.2, -0.15) is 0 Å². The van der Waals surface area contributed by atoms with Crippen molar-refractivity contribution in [3.63, 3.8) is 0 Å². The van der Waals surface area contributed by atoms with E-state index >= 15 is 0 Å². The number of ether oxygens (including phenoxy) is 1. The maximum Gasteiger partial charge on any atom is 0.246 e. The number of hydrogen-bond donors (Lipinski definition) is 0. The molecular weight excluding hydrogens is 376 g/mol. The summed E-state index contributed by atoms with van der Waals surface area (Å²) in [5.41, 5.74) is 5.02. The SMILES string of the molecule is O=CC1Oc2ccc(-c3ccccc3)cc2N1CC(=O)N1CCCc2ccccc21. The molecule has 0 aromatic heterocycles. The second kappa shape index (κ2) is 7.67. The molecule has 0 N–H and O–H groups in total. The lowest BCUT2D eigenvalue weighted by Crippen LogP contribution is -2.46. The van der Waals surface area contributed by atoms with Crippen molar-refractivity contribution < 1.29 is 14.3 Å². The third-order valence-electron chi connectivity index (χ3n) is 5.76. The zero-order valence-electron chi connectivity index (χ0n) is 16.5. The van der Waals surface area contributed by atoms with Gasteiger partial charge in [-0.1, -0.05) is 54.6 Å². The van der Waals surface area contributed by atoms with Gasteiger partial charge in [0.25, 0.3) is 0 Å². The summed E-state index contributed by atoms with van der Waals surface area (Å²) in [6, 6.07) is 23.9. The minimum atomic E-state index is -0.796. The Hall–Kier alpha value is -3.60. The average Bonchev–Trinajstić information content (AvgIpc) is 3.16. The Morgan fingerprint density at radius 3 is 2.60 bits per heavy atom. The number of aryl methyl sites for hydroxylation is 1. The average molecular weight is 398 g/mol. The molecule has 0 saturated carbocycles. The topological polar surface area (TPSA) is 49.9 Å². The molecule has 3 aromatic rings.